The second-order valence-electron chi connectivity index (χ2n) is 8.40. The minimum Gasteiger partial charge on any atom is -0.508 e. The number of aromatic hydroxyl groups is 1. The SMILES string of the molecule is CC(Oc1ccc(O)cc1)C(=O)N1CCC(NC(=O)C2CC(=O)N(C(C)C)C2)CC1. The summed E-state index contributed by atoms with van der Waals surface area (Å²) in [6.45, 7) is 7.20. The molecule has 3 rings (SSSR count). The first kappa shape index (κ1) is 21.9. The van der Waals surface area contributed by atoms with Gasteiger partial charge in [0.05, 0.1) is 5.92 Å². The first-order valence-electron chi connectivity index (χ1n) is 10.6. The van der Waals surface area contributed by atoms with E-state index in [0.717, 1.165) is 0 Å². The molecule has 2 saturated heterocycles. The zero-order valence-electron chi connectivity index (χ0n) is 17.8. The van der Waals surface area contributed by atoms with Crippen molar-refractivity contribution in [3.63, 3.8) is 0 Å². The molecule has 2 unspecified atom stereocenters. The van der Waals surface area contributed by atoms with Crippen molar-refractivity contribution < 1.29 is 24.2 Å². The number of nitrogens with one attached hydrogen (secondary N) is 1. The van der Waals surface area contributed by atoms with Gasteiger partial charge in [-0.3, -0.25) is 14.4 Å². The number of carbonyl (C=O) groups is 3. The predicted octanol–water partition coefficient (Wildman–Crippen LogP) is 1.52. The van der Waals surface area contributed by atoms with Crippen molar-refractivity contribution in [1.29, 1.82) is 0 Å². The van der Waals surface area contributed by atoms with E-state index in [2.05, 4.69) is 5.32 Å². The van der Waals surface area contributed by atoms with Crippen molar-refractivity contribution in [3.05, 3.63) is 24.3 Å². The van der Waals surface area contributed by atoms with E-state index < -0.39 is 6.10 Å². The molecule has 2 atom stereocenters. The number of phenolic OH excluding ortho intramolecular Hbond substituents is 1. The highest BCUT2D eigenvalue weighted by molar-refractivity contribution is 5.89. The van der Waals surface area contributed by atoms with Crippen molar-refractivity contribution in [2.45, 2.75) is 58.2 Å². The van der Waals surface area contributed by atoms with Crippen molar-refractivity contribution >= 4 is 17.7 Å². The van der Waals surface area contributed by atoms with Crippen molar-refractivity contribution in [2.75, 3.05) is 19.6 Å². The summed E-state index contributed by atoms with van der Waals surface area (Å²) in [6, 6.07) is 6.38. The Kier molecular flexibility index (Phi) is 6.84. The number of likely N-dealkylation sites (tertiary alicyclic amines) is 2. The lowest BCUT2D eigenvalue weighted by atomic mass is 10.0. The van der Waals surface area contributed by atoms with Crippen LogP contribution in [0.5, 0.6) is 11.5 Å². The Labute approximate surface area is 177 Å². The van der Waals surface area contributed by atoms with E-state index >= 15 is 0 Å². The summed E-state index contributed by atoms with van der Waals surface area (Å²) in [5.41, 5.74) is 0. The molecule has 2 heterocycles. The molecule has 164 valence electrons. The lowest BCUT2D eigenvalue weighted by molar-refractivity contribution is -0.139. The Balaban J connectivity index is 1.44. The molecule has 3 amide bonds. The Morgan fingerprint density at radius 1 is 1.13 bits per heavy atom. The summed E-state index contributed by atoms with van der Waals surface area (Å²) < 4.78 is 5.67. The molecule has 1 aromatic rings. The highest BCUT2D eigenvalue weighted by Gasteiger charge is 2.36. The predicted molar refractivity (Wildman–Crippen MR) is 111 cm³/mol. The van der Waals surface area contributed by atoms with E-state index in [9.17, 15) is 19.5 Å². The molecule has 2 aliphatic rings. The quantitative estimate of drug-likeness (QED) is 0.731. The molecule has 2 fully saturated rings. The van der Waals surface area contributed by atoms with Gasteiger partial charge in [0.1, 0.15) is 11.5 Å². The normalized spacial score (nSPS) is 21.1. The summed E-state index contributed by atoms with van der Waals surface area (Å²) in [5.74, 6) is 0.246. The van der Waals surface area contributed by atoms with Gasteiger partial charge in [-0.25, -0.2) is 0 Å². The van der Waals surface area contributed by atoms with Gasteiger partial charge in [0.15, 0.2) is 6.10 Å². The smallest absolute Gasteiger partial charge is 0.263 e. The van der Waals surface area contributed by atoms with E-state index in [1.807, 2.05) is 13.8 Å². The third kappa shape index (κ3) is 5.23. The van der Waals surface area contributed by atoms with Crippen molar-refractivity contribution in [1.82, 2.24) is 15.1 Å². The third-order valence-corrected chi connectivity index (χ3v) is 5.80. The van der Waals surface area contributed by atoms with Crippen LogP contribution in [0.25, 0.3) is 0 Å². The monoisotopic (exact) mass is 417 g/mol. The average Bonchev–Trinajstić information content (AvgIpc) is 3.12. The maximum Gasteiger partial charge on any atom is 0.263 e. The van der Waals surface area contributed by atoms with Gasteiger partial charge in [0.25, 0.3) is 5.91 Å². The lowest BCUT2D eigenvalue weighted by Gasteiger charge is -2.34. The van der Waals surface area contributed by atoms with Gasteiger partial charge in [-0.2, -0.15) is 0 Å². The number of hydrogen-bond acceptors (Lipinski definition) is 5. The largest absolute Gasteiger partial charge is 0.508 e. The maximum absolute atomic E-state index is 12.7. The minimum absolute atomic E-state index is 0.0121. The molecule has 8 nitrogen and oxygen atoms in total. The number of piperidine rings is 1. The highest BCUT2D eigenvalue weighted by Crippen LogP contribution is 2.22. The summed E-state index contributed by atoms with van der Waals surface area (Å²) in [5, 5.41) is 12.4. The molecule has 0 aromatic heterocycles. The van der Waals surface area contributed by atoms with Crippen LogP contribution in [-0.2, 0) is 14.4 Å². The van der Waals surface area contributed by atoms with E-state index in [4.69, 9.17) is 4.74 Å². The van der Waals surface area contributed by atoms with Crippen LogP contribution in [0.3, 0.4) is 0 Å². The van der Waals surface area contributed by atoms with Gasteiger partial charge in [-0.15, -0.1) is 0 Å². The number of amides is 3. The average molecular weight is 418 g/mol. The van der Waals surface area contributed by atoms with Crippen LogP contribution < -0.4 is 10.1 Å². The number of benzene rings is 1. The second-order valence-corrected chi connectivity index (χ2v) is 8.40. The summed E-state index contributed by atoms with van der Waals surface area (Å²) in [7, 11) is 0. The van der Waals surface area contributed by atoms with Crippen LogP contribution in [0, 0.1) is 5.92 Å². The summed E-state index contributed by atoms with van der Waals surface area (Å²) in [6.07, 6.45) is 0.996. The second kappa shape index (κ2) is 9.36. The third-order valence-electron chi connectivity index (χ3n) is 5.80. The van der Waals surface area contributed by atoms with Crippen LogP contribution in [0.4, 0.5) is 0 Å². The van der Waals surface area contributed by atoms with Crippen molar-refractivity contribution in [3.8, 4) is 11.5 Å². The summed E-state index contributed by atoms with van der Waals surface area (Å²) in [4.78, 5) is 40.8. The van der Waals surface area contributed by atoms with Crippen LogP contribution in [0.2, 0.25) is 0 Å². The molecule has 1 aromatic carbocycles. The molecular weight excluding hydrogens is 386 g/mol. The number of ether oxygens (including phenoxy) is 1. The zero-order chi connectivity index (χ0) is 21.8. The standard InChI is InChI=1S/C22H31N3O5/c1-14(2)25-13-16(12-20(25)27)21(28)23-17-8-10-24(11-9-17)22(29)15(3)30-19-6-4-18(26)5-7-19/h4-7,14-17,26H,8-13H2,1-3H3,(H,23,28). The van der Waals surface area contributed by atoms with Gasteiger partial charge in [-0.05, 0) is 57.9 Å². The van der Waals surface area contributed by atoms with E-state index in [1.165, 1.54) is 12.1 Å². The van der Waals surface area contributed by atoms with E-state index in [-0.39, 0.29) is 47.9 Å². The molecule has 0 radical (unpaired) electrons. The van der Waals surface area contributed by atoms with Gasteiger partial charge >= 0.3 is 0 Å². The van der Waals surface area contributed by atoms with Gasteiger partial charge in [0, 0.05) is 38.1 Å². The van der Waals surface area contributed by atoms with Crippen molar-refractivity contribution in [2.24, 2.45) is 5.92 Å². The number of hydrogen-bond donors (Lipinski definition) is 2. The molecule has 0 aliphatic carbocycles. The zero-order valence-corrected chi connectivity index (χ0v) is 17.8. The number of nitrogens with zero attached hydrogens (tertiary/aromatic N) is 2. The molecule has 30 heavy (non-hydrogen) atoms. The van der Waals surface area contributed by atoms with Gasteiger partial charge in [0.2, 0.25) is 11.8 Å². The number of carbonyl (C=O) groups excluding carboxylic acids is 3. The van der Waals surface area contributed by atoms with Gasteiger partial charge in [-0.1, -0.05) is 0 Å². The molecular formula is C22H31N3O5. The van der Waals surface area contributed by atoms with Crippen LogP contribution in [0.1, 0.15) is 40.0 Å². The van der Waals surface area contributed by atoms with Gasteiger partial charge < -0.3 is 25.0 Å². The fourth-order valence-electron chi connectivity index (χ4n) is 4.01. The Bertz CT molecular complexity index is 771. The first-order valence-corrected chi connectivity index (χ1v) is 10.6. The molecule has 8 heteroatoms. The highest BCUT2D eigenvalue weighted by atomic mass is 16.5. The fourth-order valence-corrected chi connectivity index (χ4v) is 4.01. The molecule has 0 spiro atoms. The fraction of sp³-hybridized carbons (Fsp3) is 0.591. The molecule has 2 N–H and O–H groups in total. The van der Waals surface area contributed by atoms with Crippen LogP contribution >= 0.6 is 0 Å². The topological polar surface area (TPSA) is 99.2 Å². The molecule has 2 aliphatic heterocycles. The van der Waals surface area contributed by atoms with E-state index in [0.29, 0.717) is 38.2 Å². The maximum atomic E-state index is 12.7. The summed E-state index contributed by atoms with van der Waals surface area (Å²) >= 11 is 0. The minimum atomic E-state index is -0.632. The first-order chi connectivity index (χ1) is 14.2. The van der Waals surface area contributed by atoms with Crippen LogP contribution in [-0.4, -0.2) is 70.4 Å². The Hall–Kier alpha value is -2.77. The molecule has 0 bridgehead atoms. The Morgan fingerprint density at radius 2 is 1.77 bits per heavy atom. The Morgan fingerprint density at radius 3 is 2.33 bits per heavy atom. The van der Waals surface area contributed by atoms with E-state index in [1.54, 1.807) is 28.9 Å². The molecule has 0 saturated carbocycles. The number of rotatable bonds is 6. The lowest BCUT2D eigenvalue weighted by Crippen LogP contribution is -2.50. The number of phenols is 1. The van der Waals surface area contributed by atoms with Crippen LogP contribution in [0.15, 0.2) is 24.3 Å².